The fourth-order valence-corrected chi connectivity index (χ4v) is 2.73. The molecule has 4 atom stereocenters. The molecule has 2 aliphatic rings. The Kier molecular flexibility index (Phi) is 4.42. The highest BCUT2D eigenvalue weighted by Crippen LogP contribution is 2.21. The standard InChI is InChI=1S/C13H22N2O4/c1-8-7-9(5-6-15(8)2)14-12(16)10-3-4-11(19-10)13(17)18/h8-11H,3-7H2,1-2H3,(H,14,16)(H,17,18). The van der Waals surface area contributed by atoms with E-state index in [4.69, 9.17) is 9.84 Å². The van der Waals surface area contributed by atoms with Crippen molar-refractivity contribution in [2.75, 3.05) is 13.6 Å². The average Bonchev–Trinajstić information content (AvgIpc) is 2.83. The minimum Gasteiger partial charge on any atom is -0.479 e. The van der Waals surface area contributed by atoms with Gasteiger partial charge < -0.3 is 20.1 Å². The Bertz CT molecular complexity index is 361. The van der Waals surface area contributed by atoms with E-state index in [1.807, 2.05) is 0 Å². The second-order valence-electron chi connectivity index (χ2n) is 5.59. The van der Waals surface area contributed by atoms with E-state index in [1.54, 1.807) is 0 Å². The zero-order valence-corrected chi connectivity index (χ0v) is 11.5. The number of amides is 1. The maximum Gasteiger partial charge on any atom is 0.332 e. The van der Waals surface area contributed by atoms with E-state index in [-0.39, 0.29) is 11.9 Å². The monoisotopic (exact) mass is 270 g/mol. The van der Waals surface area contributed by atoms with Gasteiger partial charge in [-0.15, -0.1) is 0 Å². The van der Waals surface area contributed by atoms with Crippen molar-refractivity contribution in [2.45, 2.75) is 56.9 Å². The van der Waals surface area contributed by atoms with Gasteiger partial charge in [-0.2, -0.15) is 0 Å². The molecule has 0 aromatic heterocycles. The fourth-order valence-electron chi connectivity index (χ4n) is 2.73. The predicted octanol–water partition coefficient (Wildman–Crippen LogP) is 0.218. The third-order valence-electron chi connectivity index (χ3n) is 4.14. The molecule has 2 N–H and O–H groups in total. The second kappa shape index (κ2) is 5.88. The summed E-state index contributed by atoms with van der Waals surface area (Å²) < 4.78 is 5.25. The number of carbonyl (C=O) groups excluding carboxylic acids is 1. The number of rotatable bonds is 3. The summed E-state index contributed by atoms with van der Waals surface area (Å²) in [4.78, 5) is 25.1. The molecule has 19 heavy (non-hydrogen) atoms. The molecule has 4 unspecified atom stereocenters. The molecule has 0 bridgehead atoms. The Morgan fingerprint density at radius 2 is 1.95 bits per heavy atom. The molecule has 2 heterocycles. The summed E-state index contributed by atoms with van der Waals surface area (Å²) in [5, 5.41) is 11.8. The van der Waals surface area contributed by atoms with Gasteiger partial charge in [0.05, 0.1) is 0 Å². The van der Waals surface area contributed by atoms with Gasteiger partial charge in [0, 0.05) is 18.6 Å². The lowest BCUT2D eigenvalue weighted by Crippen LogP contribution is -2.49. The first kappa shape index (κ1) is 14.3. The maximum absolute atomic E-state index is 12.0. The van der Waals surface area contributed by atoms with Crippen molar-refractivity contribution in [2.24, 2.45) is 0 Å². The lowest BCUT2D eigenvalue weighted by molar-refractivity contribution is -0.152. The molecular formula is C13H22N2O4. The van der Waals surface area contributed by atoms with Gasteiger partial charge in [0.15, 0.2) is 6.10 Å². The average molecular weight is 270 g/mol. The number of nitrogens with one attached hydrogen (secondary N) is 1. The van der Waals surface area contributed by atoms with E-state index in [9.17, 15) is 9.59 Å². The Hall–Kier alpha value is -1.14. The molecule has 2 aliphatic heterocycles. The fraction of sp³-hybridized carbons (Fsp3) is 0.846. The first-order valence-electron chi connectivity index (χ1n) is 6.86. The van der Waals surface area contributed by atoms with Crippen molar-refractivity contribution in [3.63, 3.8) is 0 Å². The summed E-state index contributed by atoms with van der Waals surface area (Å²) in [5.74, 6) is -1.14. The van der Waals surface area contributed by atoms with Gasteiger partial charge in [0.2, 0.25) is 5.91 Å². The van der Waals surface area contributed by atoms with Crippen LogP contribution in [0.3, 0.4) is 0 Å². The van der Waals surface area contributed by atoms with Crippen molar-refractivity contribution in [1.82, 2.24) is 10.2 Å². The number of likely N-dealkylation sites (tertiary alicyclic amines) is 1. The smallest absolute Gasteiger partial charge is 0.332 e. The molecule has 6 nitrogen and oxygen atoms in total. The van der Waals surface area contributed by atoms with Crippen LogP contribution in [-0.4, -0.2) is 59.8 Å². The Morgan fingerprint density at radius 1 is 1.26 bits per heavy atom. The molecule has 0 aromatic rings. The third-order valence-corrected chi connectivity index (χ3v) is 4.14. The summed E-state index contributed by atoms with van der Waals surface area (Å²) >= 11 is 0. The van der Waals surface area contributed by atoms with Crippen LogP contribution in [0.5, 0.6) is 0 Å². The second-order valence-corrected chi connectivity index (χ2v) is 5.59. The van der Waals surface area contributed by atoms with Crippen molar-refractivity contribution < 1.29 is 19.4 Å². The SMILES string of the molecule is CC1CC(NC(=O)C2CCC(C(=O)O)O2)CCN1C. The number of piperidine rings is 1. The number of hydrogen-bond acceptors (Lipinski definition) is 4. The number of aliphatic carboxylic acids is 1. The number of hydrogen-bond donors (Lipinski definition) is 2. The lowest BCUT2D eigenvalue weighted by Gasteiger charge is -2.35. The van der Waals surface area contributed by atoms with Gasteiger partial charge in [-0.1, -0.05) is 0 Å². The van der Waals surface area contributed by atoms with Crippen LogP contribution in [0.25, 0.3) is 0 Å². The van der Waals surface area contributed by atoms with Gasteiger partial charge in [0.1, 0.15) is 6.10 Å². The highest BCUT2D eigenvalue weighted by atomic mass is 16.5. The first-order valence-corrected chi connectivity index (χ1v) is 6.86. The summed E-state index contributed by atoms with van der Waals surface area (Å²) in [6, 6.07) is 0.626. The third kappa shape index (κ3) is 3.45. The molecule has 0 spiro atoms. The van der Waals surface area contributed by atoms with E-state index in [0.29, 0.717) is 18.9 Å². The van der Waals surface area contributed by atoms with Crippen molar-refractivity contribution in [1.29, 1.82) is 0 Å². The molecule has 2 rings (SSSR count). The van der Waals surface area contributed by atoms with Crippen LogP contribution < -0.4 is 5.32 Å². The van der Waals surface area contributed by atoms with E-state index in [1.165, 1.54) is 0 Å². The van der Waals surface area contributed by atoms with E-state index < -0.39 is 18.2 Å². The molecule has 0 aliphatic carbocycles. The number of carboxylic acid groups (broad SMARTS) is 1. The highest BCUT2D eigenvalue weighted by Gasteiger charge is 2.36. The number of carbonyl (C=O) groups is 2. The van der Waals surface area contributed by atoms with Gasteiger partial charge in [0.25, 0.3) is 0 Å². The topological polar surface area (TPSA) is 78.9 Å². The summed E-state index contributed by atoms with van der Waals surface area (Å²) in [6.45, 7) is 3.11. The largest absolute Gasteiger partial charge is 0.479 e. The normalized spacial score (nSPS) is 36.1. The number of ether oxygens (including phenoxy) is 1. The molecule has 1 amide bonds. The van der Waals surface area contributed by atoms with Crippen molar-refractivity contribution in [3.05, 3.63) is 0 Å². The van der Waals surface area contributed by atoms with Crippen LogP contribution in [0.1, 0.15) is 32.6 Å². The van der Waals surface area contributed by atoms with Gasteiger partial charge in [-0.05, 0) is 39.7 Å². The molecule has 0 radical (unpaired) electrons. The highest BCUT2D eigenvalue weighted by molar-refractivity contribution is 5.82. The lowest BCUT2D eigenvalue weighted by atomic mass is 9.98. The Balaban J connectivity index is 1.80. The van der Waals surface area contributed by atoms with E-state index in [2.05, 4.69) is 24.2 Å². The van der Waals surface area contributed by atoms with Gasteiger partial charge >= 0.3 is 5.97 Å². The van der Waals surface area contributed by atoms with Crippen LogP contribution in [0.4, 0.5) is 0 Å². The van der Waals surface area contributed by atoms with Gasteiger partial charge in [-0.3, -0.25) is 4.79 Å². The molecular weight excluding hydrogens is 248 g/mol. The van der Waals surface area contributed by atoms with Crippen LogP contribution in [0.15, 0.2) is 0 Å². The van der Waals surface area contributed by atoms with E-state index >= 15 is 0 Å². The molecule has 0 saturated carbocycles. The first-order chi connectivity index (χ1) is 8.97. The summed E-state index contributed by atoms with van der Waals surface area (Å²) in [6.07, 6.45) is 1.34. The van der Waals surface area contributed by atoms with Gasteiger partial charge in [-0.25, -0.2) is 4.79 Å². The molecule has 2 fully saturated rings. The van der Waals surface area contributed by atoms with Crippen LogP contribution >= 0.6 is 0 Å². The van der Waals surface area contributed by atoms with E-state index in [0.717, 1.165) is 19.4 Å². The Morgan fingerprint density at radius 3 is 2.53 bits per heavy atom. The minimum absolute atomic E-state index is 0.162. The predicted molar refractivity (Wildman–Crippen MR) is 68.8 cm³/mol. The van der Waals surface area contributed by atoms with Crippen molar-refractivity contribution in [3.8, 4) is 0 Å². The number of nitrogens with zero attached hydrogens (tertiary/aromatic N) is 1. The summed E-state index contributed by atoms with van der Waals surface area (Å²) in [7, 11) is 2.08. The molecule has 6 heteroatoms. The number of carboxylic acids is 1. The molecule has 108 valence electrons. The van der Waals surface area contributed by atoms with Crippen molar-refractivity contribution >= 4 is 11.9 Å². The maximum atomic E-state index is 12.0. The summed E-state index contributed by atoms with van der Waals surface area (Å²) in [5.41, 5.74) is 0. The van der Waals surface area contributed by atoms with Crippen LogP contribution in [-0.2, 0) is 14.3 Å². The molecule has 2 saturated heterocycles. The Labute approximate surface area is 113 Å². The molecule has 0 aromatic carbocycles. The van der Waals surface area contributed by atoms with Crippen LogP contribution in [0, 0.1) is 0 Å². The zero-order chi connectivity index (χ0) is 14.0. The zero-order valence-electron chi connectivity index (χ0n) is 11.5. The quantitative estimate of drug-likeness (QED) is 0.767. The van der Waals surface area contributed by atoms with Crippen LogP contribution in [0.2, 0.25) is 0 Å². The minimum atomic E-state index is -0.983.